The standard InChI is InChI=1S/C15H23N/c1-13-8-10-14(11-9-13)7-5-6-12-16-15(2,3)4/h5,7-11,16H,6,12H2,1-4H3. The molecule has 0 fully saturated rings. The molecule has 1 heteroatoms. The van der Waals surface area contributed by atoms with Crippen LogP contribution in [0.2, 0.25) is 0 Å². The van der Waals surface area contributed by atoms with Crippen LogP contribution in [0.3, 0.4) is 0 Å². The number of hydrogen-bond donors (Lipinski definition) is 1. The smallest absolute Gasteiger partial charge is 0.00966 e. The minimum atomic E-state index is 0.220. The van der Waals surface area contributed by atoms with Gasteiger partial charge in [0.15, 0.2) is 0 Å². The van der Waals surface area contributed by atoms with E-state index in [0.717, 1.165) is 13.0 Å². The van der Waals surface area contributed by atoms with Crippen molar-refractivity contribution in [3.05, 3.63) is 41.5 Å². The molecule has 0 atom stereocenters. The molecule has 0 amide bonds. The van der Waals surface area contributed by atoms with Crippen molar-refractivity contribution >= 4 is 6.08 Å². The molecule has 0 spiro atoms. The van der Waals surface area contributed by atoms with Crippen molar-refractivity contribution in [3.63, 3.8) is 0 Å². The highest BCUT2D eigenvalue weighted by atomic mass is 14.9. The summed E-state index contributed by atoms with van der Waals surface area (Å²) >= 11 is 0. The van der Waals surface area contributed by atoms with Gasteiger partial charge in [-0.1, -0.05) is 42.0 Å². The maximum absolute atomic E-state index is 3.47. The Morgan fingerprint density at radius 2 is 1.75 bits per heavy atom. The van der Waals surface area contributed by atoms with Gasteiger partial charge in [0, 0.05) is 5.54 Å². The number of nitrogens with one attached hydrogen (secondary N) is 1. The molecular weight excluding hydrogens is 194 g/mol. The third kappa shape index (κ3) is 5.72. The van der Waals surface area contributed by atoms with Gasteiger partial charge in [-0.2, -0.15) is 0 Å². The molecule has 1 aromatic rings. The van der Waals surface area contributed by atoms with E-state index in [0.29, 0.717) is 0 Å². The Labute approximate surface area is 99.6 Å². The number of aryl methyl sites for hydroxylation is 1. The SMILES string of the molecule is Cc1ccc(C=CCCNC(C)(C)C)cc1. The molecular formula is C15H23N. The molecule has 1 N–H and O–H groups in total. The van der Waals surface area contributed by atoms with Gasteiger partial charge in [0.2, 0.25) is 0 Å². The lowest BCUT2D eigenvalue weighted by Gasteiger charge is -2.19. The summed E-state index contributed by atoms with van der Waals surface area (Å²) in [5.41, 5.74) is 2.81. The second kappa shape index (κ2) is 5.86. The fraction of sp³-hybridized carbons (Fsp3) is 0.467. The number of rotatable bonds is 4. The molecule has 1 nitrogen and oxygen atoms in total. The lowest BCUT2D eigenvalue weighted by Crippen LogP contribution is -2.36. The molecule has 0 aromatic heterocycles. The maximum atomic E-state index is 3.47. The van der Waals surface area contributed by atoms with Crippen LogP contribution in [-0.4, -0.2) is 12.1 Å². The third-order valence-electron chi connectivity index (χ3n) is 2.35. The summed E-state index contributed by atoms with van der Waals surface area (Å²) in [4.78, 5) is 0. The monoisotopic (exact) mass is 217 g/mol. The normalized spacial score (nSPS) is 12.2. The Bertz CT molecular complexity index is 327. The van der Waals surface area contributed by atoms with E-state index in [-0.39, 0.29) is 5.54 Å². The molecule has 0 heterocycles. The molecule has 0 bridgehead atoms. The maximum Gasteiger partial charge on any atom is 0.00966 e. The van der Waals surface area contributed by atoms with Crippen molar-refractivity contribution in [2.24, 2.45) is 0 Å². The van der Waals surface area contributed by atoms with Gasteiger partial charge < -0.3 is 5.32 Å². The first-order valence-electron chi connectivity index (χ1n) is 5.96. The van der Waals surface area contributed by atoms with Crippen molar-refractivity contribution in [1.29, 1.82) is 0 Å². The minimum Gasteiger partial charge on any atom is -0.312 e. The van der Waals surface area contributed by atoms with Crippen LogP contribution in [0.25, 0.3) is 6.08 Å². The van der Waals surface area contributed by atoms with Gasteiger partial charge in [0.25, 0.3) is 0 Å². The van der Waals surface area contributed by atoms with E-state index in [9.17, 15) is 0 Å². The Hall–Kier alpha value is -1.08. The van der Waals surface area contributed by atoms with E-state index < -0.39 is 0 Å². The minimum absolute atomic E-state index is 0.220. The Balaban J connectivity index is 2.30. The van der Waals surface area contributed by atoms with Gasteiger partial charge in [0.05, 0.1) is 0 Å². The largest absolute Gasteiger partial charge is 0.312 e. The average molecular weight is 217 g/mol. The summed E-state index contributed by atoms with van der Waals surface area (Å²) in [7, 11) is 0. The summed E-state index contributed by atoms with van der Waals surface area (Å²) in [5.74, 6) is 0. The summed E-state index contributed by atoms with van der Waals surface area (Å²) in [6, 6.07) is 8.60. The molecule has 0 aliphatic carbocycles. The van der Waals surface area contributed by atoms with Crippen LogP contribution in [0, 0.1) is 6.92 Å². The van der Waals surface area contributed by atoms with Crippen molar-refractivity contribution < 1.29 is 0 Å². The first-order valence-corrected chi connectivity index (χ1v) is 5.96. The number of benzene rings is 1. The second-order valence-electron chi connectivity index (χ2n) is 5.28. The van der Waals surface area contributed by atoms with Crippen LogP contribution in [0.15, 0.2) is 30.3 Å². The van der Waals surface area contributed by atoms with Gasteiger partial charge in [-0.15, -0.1) is 0 Å². The first kappa shape index (κ1) is 13.0. The van der Waals surface area contributed by atoms with E-state index in [1.165, 1.54) is 11.1 Å². The fourth-order valence-electron chi connectivity index (χ4n) is 1.43. The van der Waals surface area contributed by atoms with Gasteiger partial charge >= 0.3 is 0 Å². The Kier molecular flexibility index (Phi) is 4.75. The quantitative estimate of drug-likeness (QED) is 0.757. The highest BCUT2D eigenvalue weighted by molar-refractivity contribution is 5.49. The van der Waals surface area contributed by atoms with Crippen molar-refractivity contribution in [1.82, 2.24) is 5.32 Å². The summed E-state index contributed by atoms with van der Waals surface area (Å²) < 4.78 is 0. The van der Waals surface area contributed by atoms with Crippen LogP contribution in [0.5, 0.6) is 0 Å². The topological polar surface area (TPSA) is 12.0 Å². The predicted molar refractivity (Wildman–Crippen MR) is 72.6 cm³/mol. The zero-order valence-corrected chi connectivity index (χ0v) is 10.9. The molecule has 1 aromatic carbocycles. The van der Waals surface area contributed by atoms with E-state index in [2.05, 4.69) is 69.4 Å². The zero-order valence-electron chi connectivity index (χ0n) is 10.9. The molecule has 0 unspecified atom stereocenters. The van der Waals surface area contributed by atoms with Gasteiger partial charge in [-0.05, 0) is 46.2 Å². The van der Waals surface area contributed by atoms with Crippen molar-refractivity contribution in [2.75, 3.05) is 6.54 Å². The molecule has 0 aliphatic heterocycles. The van der Waals surface area contributed by atoms with Crippen LogP contribution in [-0.2, 0) is 0 Å². The van der Waals surface area contributed by atoms with Crippen LogP contribution < -0.4 is 5.32 Å². The highest BCUT2D eigenvalue weighted by Crippen LogP contribution is 2.05. The summed E-state index contributed by atoms with van der Waals surface area (Å²) in [6.07, 6.45) is 5.48. The van der Waals surface area contributed by atoms with Gasteiger partial charge in [-0.25, -0.2) is 0 Å². The fourth-order valence-corrected chi connectivity index (χ4v) is 1.43. The Morgan fingerprint density at radius 1 is 1.12 bits per heavy atom. The molecule has 0 saturated heterocycles. The van der Waals surface area contributed by atoms with E-state index in [4.69, 9.17) is 0 Å². The zero-order chi connectivity index (χ0) is 12.0. The summed E-state index contributed by atoms with van der Waals surface area (Å²) in [5, 5.41) is 3.47. The lowest BCUT2D eigenvalue weighted by atomic mass is 10.1. The molecule has 1 rings (SSSR count). The van der Waals surface area contributed by atoms with Crippen LogP contribution in [0.1, 0.15) is 38.3 Å². The lowest BCUT2D eigenvalue weighted by molar-refractivity contribution is 0.431. The van der Waals surface area contributed by atoms with E-state index >= 15 is 0 Å². The van der Waals surface area contributed by atoms with Crippen LogP contribution >= 0.6 is 0 Å². The molecule has 0 saturated carbocycles. The third-order valence-corrected chi connectivity index (χ3v) is 2.35. The van der Waals surface area contributed by atoms with E-state index in [1.807, 2.05) is 0 Å². The van der Waals surface area contributed by atoms with Crippen molar-refractivity contribution in [3.8, 4) is 0 Å². The summed E-state index contributed by atoms with van der Waals surface area (Å²) in [6.45, 7) is 9.72. The molecule has 16 heavy (non-hydrogen) atoms. The second-order valence-corrected chi connectivity index (χ2v) is 5.28. The molecule has 88 valence electrons. The highest BCUT2D eigenvalue weighted by Gasteiger charge is 2.05. The van der Waals surface area contributed by atoms with Gasteiger partial charge in [-0.3, -0.25) is 0 Å². The van der Waals surface area contributed by atoms with Gasteiger partial charge in [0.1, 0.15) is 0 Å². The van der Waals surface area contributed by atoms with E-state index in [1.54, 1.807) is 0 Å². The molecule has 0 radical (unpaired) electrons. The average Bonchev–Trinajstić information content (AvgIpc) is 2.19. The Morgan fingerprint density at radius 3 is 2.31 bits per heavy atom. The predicted octanol–water partition coefficient (Wildman–Crippen LogP) is 3.79. The molecule has 0 aliphatic rings. The first-order chi connectivity index (χ1) is 7.47. The number of hydrogen-bond acceptors (Lipinski definition) is 1. The van der Waals surface area contributed by atoms with Crippen LogP contribution in [0.4, 0.5) is 0 Å². The van der Waals surface area contributed by atoms with Crippen molar-refractivity contribution in [2.45, 2.75) is 39.7 Å².